The summed E-state index contributed by atoms with van der Waals surface area (Å²) in [4.78, 5) is 26.0. The minimum absolute atomic E-state index is 0.140. The van der Waals surface area contributed by atoms with Crippen LogP contribution in [0.25, 0.3) is 0 Å². The van der Waals surface area contributed by atoms with E-state index in [0.717, 1.165) is 19.3 Å². The molecule has 0 unspecified atom stereocenters. The number of aromatic amines is 1. The number of halogens is 3. The van der Waals surface area contributed by atoms with Gasteiger partial charge in [0.1, 0.15) is 11.4 Å². The zero-order valence-corrected chi connectivity index (χ0v) is 13.7. The van der Waals surface area contributed by atoms with Gasteiger partial charge in [-0.25, -0.2) is 0 Å². The summed E-state index contributed by atoms with van der Waals surface area (Å²) in [6.45, 7) is 0.262. The first-order chi connectivity index (χ1) is 12.3. The maximum atomic E-state index is 12.4. The van der Waals surface area contributed by atoms with Crippen LogP contribution in [0.15, 0.2) is 47.3 Å². The summed E-state index contributed by atoms with van der Waals surface area (Å²) in [6, 6.07) is 10.1. The third-order valence-corrected chi connectivity index (χ3v) is 4.59. The number of H-pyrrole nitrogens is 1. The number of hydrogen-bond donors (Lipinski definition) is 2. The van der Waals surface area contributed by atoms with E-state index in [1.807, 2.05) is 0 Å². The van der Waals surface area contributed by atoms with Gasteiger partial charge in [-0.3, -0.25) is 9.59 Å². The maximum absolute atomic E-state index is 12.4. The van der Waals surface area contributed by atoms with Gasteiger partial charge in [0.05, 0.1) is 0 Å². The minimum atomic E-state index is -4.75. The second-order valence-corrected chi connectivity index (χ2v) is 6.32. The average molecular weight is 366 g/mol. The standard InChI is InChI=1S/C18H17F3N2O3/c19-18(20,21)26-13-5-1-4-12(10-13)17(8-3-9-17)11-22-16(25)14-6-2-7-15(24)23-14/h1-2,4-7,10H,3,8-9,11H2,(H,22,25)(H,23,24). The van der Waals surface area contributed by atoms with E-state index < -0.39 is 17.7 Å². The van der Waals surface area contributed by atoms with Crippen LogP contribution in [0.1, 0.15) is 35.3 Å². The smallest absolute Gasteiger partial charge is 0.406 e. The van der Waals surface area contributed by atoms with E-state index in [0.29, 0.717) is 5.56 Å². The molecule has 0 saturated heterocycles. The van der Waals surface area contributed by atoms with Crippen molar-refractivity contribution in [1.82, 2.24) is 10.3 Å². The minimum Gasteiger partial charge on any atom is -0.406 e. The Balaban J connectivity index is 1.74. The Bertz CT molecular complexity index is 857. The lowest BCUT2D eigenvalue weighted by Crippen LogP contribution is -2.45. The molecule has 8 heteroatoms. The van der Waals surface area contributed by atoms with Gasteiger partial charge < -0.3 is 15.0 Å². The lowest BCUT2D eigenvalue weighted by molar-refractivity contribution is -0.274. The van der Waals surface area contributed by atoms with Gasteiger partial charge in [0.25, 0.3) is 5.91 Å². The molecule has 0 radical (unpaired) electrons. The van der Waals surface area contributed by atoms with Gasteiger partial charge in [-0.05, 0) is 36.6 Å². The summed E-state index contributed by atoms with van der Waals surface area (Å²) in [7, 11) is 0. The zero-order chi connectivity index (χ0) is 18.8. The van der Waals surface area contributed by atoms with E-state index in [1.54, 1.807) is 6.07 Å². The van der Waals surface area contributed by atoms with Crippen LogP contribution >= 0.6 is 0 Å². The molecule has 2 aromatic rings. The first kappa shape index (κ1) is 18.0. The fourth-order valence-corrected chi connectivity index (χ4v) is 3.12. The van der Waals surface area contributed by atoms with Crippen molar-refractivity contribution in [2.24, 2.45) is 0 Å². The van der Waals surface area contributed by atoms with Crippen LogP contribution in [-0.2, 0) is 5.41 Å². The van der Waals surface area contributed by atoms with E-state index in [2.05, 4.69) is 15.0 Å². The van der Waals surface area contributed by atoms with Crippen molar-refractivity contribution in [3.05, 3.63) is 64.1 Å². The first-order valence-corrected chi connectivity index (χ1v) is 8.11. The fourth-order valence-electron chi connectivity index (χ4n) is 3.12. The lowest BCUT2D eigenvalue weighted by Gasteiger charge is -2.42. The molecular formula is C18H17F3N2O3. The molecule has 1 aliphatic rings. The number of carbonyl (C=O) groups excluding carboxylic acids is 1. The molecule has 0 atom stereocenters. The molecule has 26 heavy (non-hydrogen) atoms. The van der Waals surface area contributed by atoms with Gasteiger partial charge in [0.15, 0.2) is 0 Å². The largest absolute Gasteiger partial charge is 0.573 e. The van der Waals surface area contributed by atoms with Crippen LogP contribution < -0.4 is 15.6 Å². The van der Waals surface area contributed by atoms with Gasteiger partial charge in [-0.1, -0.05) is 24.6 Å². The van der Waals surface area contributed by atoms with Crippen molar-refractivity contribution < 1.29 is 22.7 Å². The highest BCUT2D eigenvalue weighted by molar-refractivity contribution is 5.92. The Morgan fingerprint density at radius 3 is 2.54 bits per heavy atom. The third kappa shape index (κ3) is 4.07. The quantitative estimate of drug-likeness (QED) is 0.854. The van der Waals surface area contributed by atoms with Crippen LogP contribution in [0, 0.1) is 0 Å². The van der Waals surface area contributed by atoms with Crippen LogP contribution in [0.2, 0.25) is 0 Å². The van der Waals surface area contributed by atoms with Gasteiger partial charge >= 0.3 is 6.36 Å². The van der Waals surface area contributed by atoms with Crippen molar-refractivity contribution in [2.75, 3.05) is 6.54 Å². The first-order valence-electron chi connectivity index (χ1n) is 8.11. The molecule has 5 nitrogen and oxygen atoms in total. The van der Waals surface area contributed by atoms with Gasteiger partial charge in [0.2, 0.25) is 5.56 Å². The Labute approximate surface area is 147 Å². The van der Waals surface area contributed by atoms with Crippen molar-refractivity contribution in [3.63, 3.8) is 0 Å². The highest BCUT2D eigenvalue weighted by Gasteiger charge is 2.40. The molecule has 0 aliphatic heterocycles. The van der Waals surface area contributed by atoms with Crippen molar-refractivity contribution in [1.29, 1.82) is 0 Å². The second-order valence-electron chi connectivity index (χ2n) is 6.32. The molecule has 3 rings (SSSR count). The molecule has 138 valence electrons. The summed E-state index contributed by atoms with van der Waals surface area (Å²) < 4.78 is 41.3. The van der Waals surface area contributed by atoms with Crippen molar-refractivity contribution in [2.45, 2.75) is 31.0 Å². The summed E-state index contributed by atoms with van der Waals surface area (Å²) in [5, 5.41) is 2.76. The normalized spacial score (nSPS) is 15.8. The Kier molecular flexibility index (Phi) is 4.76. The van der Waals surface area contributed by atoms with Crippen LogP contribution in [-0.4, -0.2) is 23.8 Å². The van der Waals surface area contributed by atoms with Gasteiger partial charge in [0, 0.05) is 18.0 Å². The van der Waals surface area contributed by atoms with Crippen LogP contribution in [0.3, 0.4) is 0 Å². The molecule has 2 N–H and O–H groups in total. The lowest BCUT2D eigenvalue weighted by atomic mass is 9.64. The molecule has 1 heterocycles. The fraction of sp³-hybridized carbons (Fsp3) is 0.333. The number of ether oxygens (including phenoxy) is 1. The maximum Gasteiger partial charge on any atom is 0.573 e. The van der Waals surface area contributed by atoms with Crippen molar-refractivity contribution >= 4 is 5.91 Å². The number of rotatable bonds is 5. The van der Waals surface area contributed by atoms with E-state index >= 15 is 0 Å². The molecule has 1 amide bonds. The Morgan fingerprint density at radius 1 is 1.19 bits per heavy atom. The van der Waals surface area contributed by atoms with Gasteiger partial charge in [-0.2, -0.15) is 0 Å². The number of nitrogens with one attached hydrogen (secondary N) is 2. The number of pyridine rings is 1. The average Bonchev–Trinajstić information content (AvgIpc) is 2.52. The molecule has 1 aliphatic carbocycles. The Hall–Kier alpha value is -2.77. The molecule has 0 bridgehead atoms. The summed E-state index contributed by atoms with van der Waals surface area (Å²) >= 11 is 0. The molecule has 1 fully saturated rings. The van der Waals surface area contributed by atoms with E-state index in [4.69, 9.17) is 0 Å². The summed E-state index contributed by atoms with van der Waals surface area (Å²) in [6.07, 6.45) is -2.34. The van der Waals surface area contributed by atoms with Crippen LogP contribution in [0.5, 0.6) is 5.75 Å². The molecule has 0 spiro atoms. The molecule has 1 aromatic carbocycles. The number of amides is 1. The monoisotopic (exact) mass is 366 g/mol. The summed E-state index contributed by atoms with van der Waals surface area (Å²) in [5.74, 6) is -0.711. The molecular weight excluding hydrogens is 349 g/mol. The second kappa shape index (κ2) is 6.86. The predicted molar refractivity (Wildman–Crippen MR) is 88.0 cm³/mol. The SMILES string of the molecule is O=C(NCC1(c2cccc(OC(F)(F)F)c2)CCC1)c1cccc(=O)[nH]1. The van der Waals surface area contributed by atoms with Crippen LogP contribution in [0.4, 0.5) is 13.2 Å². The van der Waals surface area contributed by atoms with E-state index in [1.165, 1.54) is 36.4 Å². The molecule has 1 aromatic heterocycles. The van der Waals surface area contributed by atoms with Crippen molar-refractivity contribution in [3.8, 4) is 5.75 Å². The summed E-state index contributed by atoms with van der Waals surface area (Å²) in [5.41, 5.74) is 0.0110. The number of aromatic nitrogens is 1. The highest BCUT2D eigenvalue weighted by Crippen LogP contribution is 2.44. The van der Waals surface area contributed by atoms with E-state index in [-0.39, 0.29) is 23.5 Å². The zero-order valence-electron chi connectivity index (χ0n) is 13.7. The number of hydrogen-bond acceptors (Lipinski definition) is 3. The number of alkyl halides is 3. The number of carbonyl (C=O) groups is 1. The number of benzene rings is 1. The topological polar surface area (TPSA) is 71.2 Å². The van der Waals surface area contributed by atoms with E-state index in [9.17, 15) is 22.8 Å². The molecule has 1 saturated carbocycles. The third-order valence-electron chi connectivity index (χ3n) is 4.59. The Morgan fingerprint density at radius 2 is 1.92 bits per heavy atom. The predicted octanol–water partition coefficient (Wildman–Crippen LogP) is 3.13. The highest BCUT2D eigenvalue weighted by atomic mass is 19.4. The van der Waals surface area contributed by atoms with Gasteiger partial charge in [-0.15, -0.1) is 13.2 Å².